The van der Waals surface area contributed by atoms with Gasteiger partial charge in [0.05, 0.1) is 12.0 Å². The number of nitrogens with one attached hydrogen (secondary N) is 1. The van der Waals surface area contributed by atoms with Crippen molar-refractivity contribution in [2.75, 3.05) is 32.0 Å². The van der Waals surface area contributed by atoms with E-state index >= 15 is 0 Å². The van der Waals surface area contributed by atoms with Crippen LogP contribution < -0.4 is 14.9 Å². The van der Waals surface area contributed by atoms with Crippen molar-refractivity contribution >= 4 is 28.3 Å². The summed E-state index contributed by atoms with van der Waals surface area (Å²) < 4.78 is 33.6. The van der Waals surface area contributed by atoms with Gasteiger partial charge >= 0.3 is 7.12 Å². The molecule has 0 aromatic heterocycles. The average molecular weight is 390 g/mol. The van der Waals surface area contributed by atoms with E-state index in [2.05, 4.69) is 16.7 Å². The molecule has 0 amide bonds. The number of ether oxygens (including phenoxy) is 1. The molecule has 1 aliphatic heterocycles. The minimum atomic E-state index is -3.98. The van der Waals surface area contributed by atoms with Crippen LogP contribution in [-0.4, -0.2) is 57.7 Å². The van der Waals surface area contributed by atoms with Gasteiger partial charge in [-0.25, -0.2) is 8.42 Å². The van der Waals surface area contributed by atoms with Gasteiger partial charge < -0.3 is 19.7 Å². The minimum Gasteiger partial charge on any atom is -0.496 e. The van der Waals surface area contributed by atoms with Crippen molar-refractivity contribution in [2.24, 2.45) is 0 Å². The summed E-state index contributed by atoms with van der Waals surface area (Å²) in [5.74, 6) is 0.991. The topological polar surface area (TPSA) is 99.1 Å². The number of rotatable bonds is 6. The van der Waals surface area contributed by atoms with E-state index < -0.39 is 17.1 Å². The van der Waals surface area contributed by atoms with Crippen LogP contribution in [0.25, 0.3) is 0 Å². The Morgan fingerprint density at radius 1 is 1.22 bits per heavy atom. The quantitative estimate of drug-likeness (QED) is 0.625. The number of sulfonamides is 1. The second-order valence-electron chi connectivity index (χ2n) is 6.72. The lowest BCUT2D eigenvalue weighted by Gasteiger charge is -2.18. The Morgan fingerprint density at radius 3 is 2.59 bits per heavy atom. The van der Waals surface area contributed by atoms with Gasteiger partial charge in [0.1, 0.15) is 5.75 Å². The van der Waals surface area contributed by atoms with Gasteiger partial charge in [-0.1, -0.05) is 18.2 Å². The lowest BCUT2D eigenvalue weighted by atomic mass is 9.80. The van der Waals surface area contributed by atoms with Crippen molar-refractivity contribution in [1.29, 1.82) is 0 Å². The fraction of sp³-hybridized carbons (Fsp3) is 0.333. The summed E-state index contributed by atoms with van der Waals surface area (Å²) in [5, 5.41) is 18.9. The van der Waals surface area contributed by atoms with Gasteiger partial charge in [-0.3, -0.25) is 4.72 Å². The first-order chi connectivity index (χ1) is 12.8. The standard InChI is InChI=1S/C18H23BN2O5S/c1-21-10-9-13(12-21)15-11-14(7-8-17(15)26-2)20-27(24,25)18-6-4-3-5-16(18)19(22)23/h3-8,11,13,20,22-23H,9-10,12H2,1-2H3. The first kappa shape index (κ1) is 19.7. The zero-order valence-electron chi connectivity index (χ0n) is 15.3. The Kier molecular flexibility index (Phi) is 5.76. The molecule has 9 heteroatoms. The Morgan fingerprint density at radius 2 is 1.96 bits per heavy atom. The highest BCUT2D eigenvalue weighted by atomic mass is 32.2. The Labute approximate surface area is 159 Å². The van der Waals surface area contributed by atoms with Crippen molar-refractivity contribution in [1.82, 2.24) is 4.90 Å². The number of hydrogen-bond donors (Lipinski definition) is 3. The van der Waals surface area contributed by atoms with E-state index in [-0.39, 0.29) is 16.3 Å². The van der Waals surface area contributed by atoms with E-state index in [9.17, 15) is 18.5 Å². The molecule has 7 nitrogen and oxygen atoms in total. The maximum absolute atomic E-state index is 12.8. The predicted molar refractivity (Wildman–Crippen MR) is 105 cm³/mol. The maximum atomic E-state index is 12.8. The molecule has 0 spiro atoms. The number of nitrogens with zero attached hydrogens (tertiary/aromatic N) is 1. The molecule has 0 aliphatic carbocycles. The molecule has 1 atom stereocenters. The highest BCUT2D eigenvalue weighted by molar-refractivity contribution is 7.93. The van der Waals surface area contributed by atoms with Crippen molar-refractivity contribution in [3.05, 3.63) is 48.0 Å². The molecule has 1 saturated heterocycles. The van der Waals surface area contributed by atoms with Crippen LogP contribution in [0.3, 0.4) is 0 Å². The largest absolute Gasteiger partial charge is 0.496 e. The van der Waals surface area contributed by atoms with Crippen LogP contribution in [0.1, 0.15) is 17.9 Å². The second kappa shape index (κ2) is 7.89. The number of benzene rings is 2. The monoisotopic (exact) mass is 390 g/mol. The zero-order valence-corrected chi connectivity index (χ0v) is 16.1. The highest BCUT2D eigenvalue weighted by Crippen LogP contribution is 2.35. The van der Waals surface area contributed by atoms with E-state index in [1.807, 2.05) is 0 Å². The lowest BCUT2D eigenvalue weighted by molar-refractivity contribution is 0.395. The third-order valence-corrected chi connectivity index (χ3v) is 6.26. The number of anilines is 1. The molecular weight excluding hydrogens is 367 g/mol. The molecule has 144 valence electrons. The summed E-state index contributed by atoms with van der Waals surface area (Å²) in [6, 6.07) is 11.0. The summed E-state index contributed by atoms with van der Waals surface area (Å²) in [6.07, 6.45) is 0.975. The number of likely N-dealkylation sites (N-methyl/N-ethyl adjacent to an activating group) is 1. The molecule has 3 rings (SSSR count). The van der Waals surface area contributed by atoms with Crippen LogP contribution in [0.2, 0.25) is 0 Å². The number of methoxy groups -OCH3 is 1. The summed E-state index contributed by atoms with van der Waals surface area (Å²) in [4.78, 5) is 2.05. The molecule has 2 aromatic carbocycles. The van der Waals surface area contributed by atoms with E-state index in [4.69, 9.17) is 4.74 Å². The summed E-state index contributed by atoms with van der Waals surface area (Å²) >= 11 is 0. The fourth-order valence-corrected chi connectivity index (χ4v) is 4.74. The molecule has 1 heterocycles. The van der Waals surface area contributed by atoms with E-state index in [1.54, 1.807) is 31.4 Å². The predicted octanol–water partition coefficient (Wildman–Crippen LogP) is 0.595. The van der Waals surface area contributed by atoms with Crippen LogP contribution in [0.4, 0.5) is 5.69 Å². The number of hydrogen-bond acceptors (Lipinski definition) is 6. The molecule has 2 aromatic rings. The van der Waals surface area contributed by atoms with Crippen molar-refractivity contribution in [2.45, 2.75) is 17.2 Å². The first-order valence-electron chi connectivity index (χ1n) is 8.66. The summed E-state index contributed by atoms with van der Waals surface area (Å²) in [7, 11) is -2.21. The van der Waals surface area contributed by atoms with Crippen molar-refractivity contribution < 1.29 is 23.2 Å². The molecule has 0 saturated carbocycles. The molecule has 1 fully saturated rings. The Bertz CT molecular complexity index is 920. The highest BCUT2D eigenvalue weighted by Gasteiger charge is 2.27. The Balaban J connectivity index is 1.94. The minimum absolute atomic E-state index is 0.0730. The molecule has 0 bridgehead atoms. The zero-order chi connectivity index (χ0) is 19.6. The molecular formula is C18H23BN2O5S. The van der Waals surface area contributed by atoms with Crippen LogP contribution in [0.5, 0.6) is 5.75 Å². The fourth-order valence-electron chi connectivity index (χ4n) is 3.45. The molecule has 27 heavy (non-hydrogen) atoms. The molecule has 1 unspecified atom stereocenters. The number of likely N-dealkylation sites (tertiary alicyclic amines) is 1. The van der Waals surface area contributed by atoms with Crippen molar-refractivity contribution in [3.8, 4) is 5.75 Å². The third kappa shape index (κ3) is 4.27. The van der Waals surface area contributed by atoms with Gasteiger partial charge in [0, 0.05) is 29.2 Å². The Hall–Kier alpha value is -2.07. The van der Waals surface area contributed by atoms with Crippen LogP contribution in [-0.2, 0) is 10.0 Å². The van der Waals surface area contributed by atoms with E-state index in [0.717, 1.165) is 30.8 Å². The average Bonchev–Trinajstić information content (AvgIpc) is 3.07. The molecule has 3 N–H and O–H groups in total. The third-order valence-electron chi connectivity index (χ3n) is 4.80. The second-order valence-corrected chi connectivity index (χ2v) is 8.37. The first-order valence-corrected chi connectivity index (χ1v) is 10.1. The maximum Gasteiger partial charge on any atom is 0.489 e. The smallest absolute Gasteiger partial charge is 0.489 e. The van der Waals surface area contributed by atoms with Gasteiger partial charge in [0.2, 0.25) is 0 Å². The normalized spacial score (nSPS) is 17.7. The van der Waals surface area contributed by atoms with Crippen LogP contribution in [0, 0.1) is 0 Å². The SMILES string of the molecule is COc1ccc(NS(=O)(=O)c2ccccc2B(O)O)cc1C1CCN(C)C1. The molecule has 1 aliphatic rings. The van der Waals surface area contributed by atoms with Crippen LogP contribution >= 0.6 is 0 Å². The van der Waals surface area contributed by atoms with E-state index in [1.165, 1.54) is 18.2 Å². The van der Waals surface area contributed by atoms with Crippen molar-refractivity contribution in [3.63, 3.8) is 0 Å². The van der Waals surface area contributed by atoms with Gasteiger partial charge in [-0.05, 0) is 44.3 Å². The van der Waals surface area contributed by atoms with Gasteiger partial charge in [0.25, 0.3) is 10.0 Å². The van der Waals surface area contributed by atoms with E-state index in [0.29, 0.717) is 5.69 Å². The molecule has 0 radical (unpaired) electrons. The summed E-state index contributed by atoms with van der Waals surface area (Å²) in [6.45, 7) is 1.86. The van der Waals surface area contributed by atoms with Gasteiger partial charge in [-0.2, -0.15) is 0 Å². The van der Waals surface area contributed by atoms with Gasteiger partial charge in [0.15, 0.2) is 0 Å². The lowest BCUT2D eigenvalue weighted by Crippen LogP contribution is -2.35. The van der Waals surface area contributed by atoms with Gasteiger partial charge in [-0.15, -0.1) is 0 Å². The van der Waals surface area contributed by atoms with Crippen LogP contribution in [0.15, 0.2) is 47.4 Å². The summed E-state index contributed by atoms with van der Waals surface area (Å²) in [5.41, 5.74) is 1.29.